The van der Waals surface area contributed by atoms with E-state index in [0.29, 0.717) is 5.56 Å². The normalized spacial score (nSPS) is 15.7. The maximum Gasteiger partial charge on any atom is 0.305 e. The van der Waals surface area contributed by atoms with Crippen LogP contribution < -0.4 is 5.32 Å². The molecule has 2 aromatic rings. The molecule has 1 atom stereocenters. The van der Waals surface area contributed by atoms with E-state index in [-0.39, 0.29) is 24.3 Å². The molecule has 0 aliphatic heterocycles. The molecule has 1 aliphatic carbocycles. The zero-order valence-electron chi connectivity index (χ0n) is 14.0. The molecule has 1 fully saturated rings. The lowest BCUT2D eigenvalue weighted by Gasteiger charge is -2.23. The van der Waals surface area contributed by atoms with E-state index < -0.39 is 5.97 Å². The highest BCUT2D eigenvalue weighted by Crippen LogP contribution is 2.29. The number of aromatic nitrogens is 1. The molecule has 0 radical (unpaired) electrons. The van der Waals surface area contributed by atoms with Gasteiger partial charge in [-0.05, 0) is 54.2 Å². The van der Waals surface area contributed by atoms with Crippen molar-refractivity contribution >= 4 is 11.9 Å². The standard InChI is InChI=1S/C20H22N2O3/c23-19(24)13-18(15-4-1-2-5-15)22-20(25)17-7-3-6-16(12-17)14-8-10-21-11-9-14/h3,6-12,15,18H,1-2,4-5,13H2,(H,22,25)(H,23,24)/t18-/m0/s1. The van der Waals surface area contributed by atoms with Crippen molar-refractivity contribution in [1.29, 1.82) is 0 Å². The van der Waals surface area contributed by atoms with E-state index in [1.165, 1.54) is 0 Å². The number of hydrogen-bond acceptors (Lipinski definition) is 3. The van der Waals surface area contributed by atoms with Gasteiger partial charge in [-0.15, -0.1) is 0 Å². The number of aliphatic carboxylic acids is 1. The summed E-state index contributed by atoms with van der Waals surface area (Å²) in [6.07, 6.45) is 7.57. The number of hydrogen-bond donors (Lipinski definition) is 2. The van der Waals surface area contributed by atoms with Crippen molar-refractivity contribution in [2.45, 2.75) is 38.1 Å². The van der Waals surface area contributed by atoms with Gasteiger partial charge in [-0.25, -0.2) is 0 Å². The summed E-state index contributed by atoms with van der Waals surface area (Å²) in [4.78, 5) is 27.8. The third kappa shape index (κ3) is 4.44. The topological polar surface area (TPSA) is 79.3 Å². The molecule has 5 nitrogen and oxygen atoms in total. The van der Waals surface area contributed by atoms with E-state index in [2.05, 4.69) is 10.3 Å². The number of carboxylic acids is 1. The van der Waals surface area contributed by atoms with Gasteiger partial charge in [-0.2, -0.15) is 0 Å². The lowest BCUT2D eigenvalue weighted by Crippen LogP contribution is -2.41. The van der Waals surface area contributed by atoms with E-state index in [0.717, 1.165) is 36.8 Å². The van der Waals surface area contributed by atoms with Gasteiger partial charge in [0.2, 0.25) is 0 Å². The Morgan fingerprint density at radius 1 is 1.12 bits per heavy atom. The molecule has 5 heteroatoms. The summed E-state index contributed by atoms with van der Waals surface area (Å²) >= 11 is 0. The van der Waals surface area contributed by atoms with Gasteiger partial charge < -0.3 is 10.4 Å². The number of benzene rings is 1. The summed E-state index contributed by atoms with van der Waals surface area (Å²) in [6, 6.07) is 10.8. The van der Waals surface area contributed by atoms with Crippen molar-refractivity contribution in [3.05, 3.63) is 54.4 Å². The van der Waals surface area contributed by atoms with Crippen molar-refractivity contribution in [2.75, 3.05) is 0 Å². The lowest BCUT2D eigenvalue weighted by molar-refractivity contribution is -0.137. The monoisotopic (exact) mass is 338 g/mol. The van der Waals surface area contributed by atoms with Crippen LogP contribution in [0.25, 0.3) is 11.1 Å². The number of carboxylic acid groups (broad SMARTS) is 1. The minimum Gasteiger partial charge on any atom is -0.481 e. The molecule has 1 aliphatic rings. The van der Waals surface area contributed by atoms with E-state index in [4.69, 9.17) is 5.11 Å². The van der Waals surface area contributed by atoms with Gasteiger partial charge in [0.25, 0.3) is 5.91 Å². The third-order valence-corrected chi connectivity index (χ3v) is 4.82. The van der Waals surface area contributed by atoms with Gasteiger partial charge in [0.1, 0.15) is 0 Å². The Morgan fingerprint density at radius 2 is 1.84 bits per heavy atom. The third-order valence-electron chi connectivity index (χ3n) is 4.82. The van der Waals surface area contributed by atoms with Crippen molar-refractivity contribution in [1.82, 2.24) is 10.3 Å². The molecular weight excluding hydrogens is 316 g/mol. The maximum atomic E-state index is 12.7. The van der Waals surface area contributed by atoms with Crippen LogP contribution in [0.1, 0.15) is 42.5 Å². The largest absolute Gasteiger partial charge is 0.481 e. The average Bonchev–Trinajstić information content (AvgIpc) is 3.16. The number of carbonyl (C=O) groups excluding carboxylic acids is 1. The Kier molecular flexibility index (Phi) is 5.43. The SMILES string of the molecule is O=C(O)C[C@H](NC(=O)c1cccc(-c2ccncc2)c1)C1CCCC1. The maximum absolute atomic E-state index is 12.7. The fraction of sp³-hybridized carbons (Fsp3) is 0.350. The molecule has 1 aromatic heterocycles. The number of amides is 1. The molecule has 0 unspecified atom stereocenters. The first-order chi connectivity index (χ1) is 12.1. The van der Waals surface area contributed by atoms with Gasteiger partial charge in [-0.1, -0.05) is 25.0 Å². The van der Waals surface area contributed by atoms with Crippen LogP contribution in [0.15, 0.2) is 48.8 Å². The Balaban J connectivity index is 1.76. The predicted molar refractivity (Wildman–Crippen MR) is 95.1 cm³/mol. The first-order valence-electron chi connectivity index (χ1n) is 8.66. The molecule has 1 aromatic carbocycles. The highest BCUT2D eigenvalue weighted by Gasteiger charge is 2.28. The number of rotatable bonds is 6. The molecule has 25 heavy (non-hydrogen) atoms. The zero-order valence-corrected chi connectivity index (χ0v) is 14.0. The second kappa shape index (κ2) is 7.92. The van der Waals surface area contributed by atoms with E-state index >= 15 is 0 Å². The Morgan fingerprint density at radius 3 is 2.52 bits per heavy atom. The van der Waals surface area contributed by atoms with Gasteiger partial charge in [0.05, 0.1) is 6.42 Å². The molecule has 1 amide bonds. The van der Waals surface area contributed by atoms with Gasteiger partial charge in [0, 0.05) is 24.0 Å². The summed E-state index contributed by atoms with van der Waals surface area (Å²) < 4.78 is 0. The van der Waals surface area contributed by atoms with E-state index in [1.807, 2.05) is 30.3 Å². The molecule has 2 N–H and O–H groups in total. The van der Waals surface area contributed by atoms with Crippen LogP contribution in [-0.2, 0) is 4.79 Å². The van der Waals surface area contributed by atoms with Crippen LogP contribution in [0.2, 0.25) is 0 Å². The Bertz CT molecular complexity index is 740. The fourth-order valence-electron chi connectivity index (χ4n) is 3.52. The predicted octanol–water partition coefficient (Wildman–Crippen LogP) is 3.51. The van der Waals surface area contributed by atoms with Crippen LogP contribution in [0.3, 0.4) is 0 Å². The van der Waals surface area contributed by atoms with Gasteiger partial charge in [0.15, 0.2) is 0 Å². The molecule has 1 heterocycles. The van der Waals surface area contributed by atoms with Crippen LogP contribution in [0, 0.1) is 5.92 Å². The minimum absolute atomic E-state index is 0.0273. The van der Waals surface area contributed by atoms with Gasteiger partial charge >= 0.3 is 5.97 Å². The average molecular weight is 338 g/mol. The molecular formula is C20H22N2O3. The van der Waals surface area contributed by atoms with E-state index in [9.17, 15) is 9.59 Å². The molecule has 1 saturated carbocycles. The van der Waals surface area contributed by atoms with Crippen LogP contribution in [0.4, 0.5) is 0 Å². The zero-order chi connectivity index (χ0) is 17.6. The number of nitrogens with one attached hydrogen (secondary N) is 1. The molecule has 3 rings (SSSR count). The highest BCUT2D eigenvalue weighted by atomic mass is 16.4. The summed E-state index contributed by atoms with van der Waals surface area (Å²) in [7, 11) is 0. The summed E-state index contributed by atoms with van der Waals surface area (Å²) in [5, 5.41) is 12.1. The van der Waals surface area contributed by atoms with Crippen molar-refractivity contribution in [3.8, 4) is 11.1 Å². The number of carbonyl (C=O) groups is 2. The summed E-state index contributed by atoms with van der Waals surface area (Å²) in [6.45, 7) is 0. The molecule has 0 spiro atoms. The fourth-order valence-corrected chi connectivity index (χ4v) is 3.52. The van der Waals surface area contributed by atoms with Gasteiger partial charge in [-0.3, -0.25) is 14.6 Å². The van der Waals surface area contributed by atoms with Crippen molar-refractivity contribution in [3.63, 3.8) is 0 Å². The molecule has 0 saturated heterocycles. The van der Waals surface area contributed by atoms with E-state index in [1.54, 1.807) is 18.5 Å². The number of pyridine rings is 1. The highest BCUT2D eigenvalue weighted by molar-refractivity contribution is 5.95. The first kappa shape index (κ1) is 17.1. The Labute approximate surface area is 147 Å². The smallest absolute Gasteiger partial charge is 0.305 e. The Hall–Kier alpha value is -2.69. The molecule has 0 bridgehead atoms. The molecule has 130 valence electrons. The summed E-state index contributed by atoms with van der Waals surface area (Å²) in [5.41, 5.74) is 2.47. The van der Waals surface area contributed by atoms with Crippen LogP contribution in [0.5, 0.6) is 0 Å². The van der Waals surface area contributed by atoms with Crippen molar-refractivity contribution in [2.24, 2.45) is 5.92 Å². The van der Waals surface area contributed by atoms with Crippen molar-refractivity contribution < 1.29 is 14.7 Å². The second-order valence-electron chi connectivity index (χ2n) is 6.54. The van der Waals surface area contributed by atoms with Crippen LogP contribution >= 0.6 is 0 Å². The number of nitrogens with zero attached hydrogens (tertiary/aromatic N) is 1. The summed E-state index contributed by atoms with van der Waals surface area (Å²) in [5.74, 6) is -0.833. The van der Waals surface area contributed by atoms with Crippen LogP contribution in [-0.4, -0.2) is 28.0 Å². The minimum atomic E-state index is -0.872. The second-order valence-corrected chi connectivity index (χ2v) is 6.54. The lowest BCUT2D eigenvalue weighted by atomic mass is 9.94. The quantitative estimate of drug-likeness (QED) is 0.845. The first-order valence-corrected chi connectivity index (χ1v) is 8.66.